The largest absolute Gasteiger partial charge is 0.456 e. The van der Waals surface area contributed by atoms with E-state index < -0.39 is 23.6 Å². The molecule has 0 aliphatic rings. The highest BCUT2D eigenvalue weighted by atomic mass is 16.6. The van der Waals surface area contributed by atoms with Crippen molar-refractivity contribution >= 4 is 11.9 Å². The molecule has 0 bridgehead atoms. The summed E-state index contributed by atoms with van der Waals surface area (Å²) in [5.41, 5.74) is 0.126. The summed E-state index contributed by atoms with van der Waals surface area (Å²) >= 11 is 0. The van der Waals surface area contributed by atoms with E-state index in [0.29, 0.717) is 0 Å². The van der Waals surface area contributed by atoms with Crippen molar-refractivity contribution in [3.8, 4) is 0 Å². The maximum Gasteiger partial charge on any atom is 0.303 e. The van der Waals surface area contributed by atoms with E-state index in [1.807, 2.05) is 13.8 Å². The van der Waals surface area contributed by atoms with Crippen molar-refractivity contribution in [3.05, 3.63) is 11.6 Å². The molecule has 0 rings (SSSR count). The fourth-order valence-electron chi connectivity index (χ4n) is 1.29. The van der Waals surface area contributed by atoms with Gasteiger partial charge in [-0.1, -0.05) is 5.57 Å². The quantitative estimate of drug-likeness (QED) is 0.547. The second kappa shape index (κ2) is 5.68. The Morgan fingerprint density at radius 3 is 1.88 bits per heavy atom. The maximum atomic E-state index is 11.0. The first kappa shape index (κ1) is 14.7. The predicted octanol–water partition coefficient (Wildman–Crippen LogP) is 2.23. The summed E-state index contributed by atoms with van der Waals surface area (Å²) in [4.78, 5) is 21.9. The molecule has 0 saturated carbocycles. The van der Waals surface area contributed by atoms with Crippen LogP contribution in [0.5, 0.6) is 0 Å². The van der Waals surface area contributed by atoms with Crippen LogP contribution in [0.3, 0.4) is 0 Å². The Labute approximate surface area is 96.6 Å². The number of hydrogen-bond acceptors (Lipinski definition) is 4. The van der Waals surface area contributed by atoms with Gasteiger partial charge in [-0.25, -0.2) is 0 Å². The molecular formula is C12H20O4. The smallest absolute Gasteiger partial charge is 0.303 e. The molecule has 1 unspecified atom stereocenters. The van der Waals surface area contributed by atoms with Crippen molar-refractivity contribution in [2.24, 2.45) is 0 Å². The third-order valence-corrected chi connectivity index (χ3v) is 1.87. The topological polar surface area (TPSA) is 52.6 Å². The van der Waals surface area contributed by atoms with Gasteiger partial charge >= 0.3 is 11.9 Å². The molecule has 0 N–H and O–H groups in total. The molecule has 0 saturated heterocycles. The lowest BCUT2D eigenvalue weighted by molar-refractivity contribution is -0.173. The Morgan fingerprint density at radius 2 is 1.56 bits per heavy atom. The summed E-state index contributed by atoms with van der Waals surface area (Å²) in [6.45, 7) is 9.86. The van der Waals surface area contributed by atoms with E-state index in [1.54, 1.807) is 19.9 Å². The van der Waals surface area contributed by atoms with Crippen LogP contribution in [0.4, 0.5) is 0 Å². The van der Waals surface area contributed by atoms with Gasteiger partial charge in [0.05, 0.1) is 0 Å². The first-order valence-corrected chi connectivity index (χ1v) is 5.17. The van der Waals surface area contributed by atoms with Crippen LogP contribution in [-0.4, -0.2) is 23.6 Å². The van der Waals surface area contributed by atoms with E-state index >= 15 is 0 Å². The first-order chi connectivity index (χ1) is 7.15. The van der Waals surface area contributed by atoms with Crippen molar-refractivity contribution < 1.29 is 19.1 Å². The maximum absolute atomic E-state index is 11.0. The van der Waals surface area contributed by atoms with Crippen molar-refractivity contribution in [1.82, 2.24) is 0 Å². The normalized spacial score (nSPS) is 12.6. The Kier molecular flexibility index (Phi) is 5.21. The van der Waals surface area contributed by atoms with Gasteiger partial charge in [-0.05, 0) is 33.8 Å². The fourth-order valence-corrected chi connectivity index (χ4v) is 1.29. The van der Waals surface area contributed by atoms with Gasteiger partial charge < -0.3 is 9.47 Å². The van der Waals surface area contributed by atoms with Crippen molar-refractivity contribution in [1.29, 1.82) is 0 Å². The van der Waals surface area contributed by atoms with Gasteiger partial charge in [-0.2, -0.15) is 0 Å². The second-order valence-corrected chi connectivity index (χ2v) is 4.47. The minimum absolute atomic E-state index is 0.399. The molecule has 0 aliphatic carbocycles. The molecule has 0 aromatic heterocycles. The van der Waals surface area contributed by atoms with Gasteiger partial charge in [0, 0.05) is 13.8 Å². The van der Waals surface area contributed by atoms with E-state index in [9.17, 15) is 9.59 Å². The highest BCUT2D eigenvalue weighted by Gasteiger charge is 2.33. The van der Waals surface area contributed by atoms with Crippen LogP contribution in [-0.2, 0) is 19.1 Å². The Hall–Kier alpha value is -1.32. The number of hydrogen-bond donors (Lipinski definition) is 0. The molecule has 0 amide bonds. The third kappa shape index (κ3) is 5.53. The number of carbonyl (C=O) groups excluding carboxylic acids is 2. The first-order valence-electron chi connectivity index (χ1n) is 5.17. The minimum atomic E-state index is -0.866. The van der Waals surface area contributed by atoms with E-state index in [4.69, 9.17) is 9.47 Å². The Morgan fingerprint density at radius 1 is 1.06 bits per heavy atom. The average molecular weight is 228 g/mol. The molecular weight excluding hydrogens is 208 g/mol. The molecule has 0 aliphatic heterocycles. The molecule has 0 spiro atoms. The molecule has 4 nitrogen and oxygen atoms in total. The number of rotatable bonds is 4. The number of carbonyl (C=O) groups is 2. The van der Waals surface area contributed by atoms with Gasteiger partial charge in [-0.15, -0.1) is 0 Å². The predicted molar refractivity (Wildman–Crippen MR) is 60.8 cm³/mol. The zero-order valence-electron chi connectivity index (χ0n) is 10.8. The standard InChI is InChI=1S/C12H20O4/c1-8(2)7-11(15-9(3)13)12(5,6)16-10(4)14/h7,11H,1-6H3. The van der Waals surface area contributed by atoms with E-state index in [0.717, 1.165) is 5.57 Å². The van der Waals surface area contributed by atoms with E-state index in [1.165, 1.54) is 13.8 Å². The summed E-state index contributed by atoms with van der Waals surface area (Å²) in [7, 11) is 0. The highest BCUT2D eigenvalue weighted by molar-refractivity contribution is 5.68. The lowest BCUT2D eigenvalue weighted by Gasteiger charge is -2.31. The SMILES string of the molecule is CC(=O)OC(C=C(C)C)C(C)(C)OC(C)=O. The molecule has 0 aromatic carbocycles. The molecule has 0 aromatic rings. The van der Waals surface area contributed by atoms with Gasteiger partial charge in [0.2, 0.25) is 0 Å². The van der Waals surface area contributed by atoms with Crippen molar-refractivity contribution in [2.45, 2.75) is 53.2 Å². The summed E-state index contributed by atoms with van der Waals surface area (Å²) in [5.74, 6) is -0.799. The lowest BCUT2D eigenvalue weighted by atomic mass is 9.99. The van der Waals surface area contributed by atoms with Crippen LogP contribution in [0.25, 0.3) is 0 Å². The summed E-state index contributed by atoms with van der Waals surface area (Å²) in [5, 5.41) is 0. The van der Waals surface area contributed by atoms with Crippen LogP contribution in [0.15, 0.2) is 11.6 Å². The van der Waals surface area contributed by atoms with Gasteiger partial charge in [0.1, 0.15) is 5.60 Å². The van der Waals surface area contributed by atoms with Crippen LogP contribution in [0.1, 0.15) is 41.5 Å². The Bertz CT molecular complexity index is 298. The number of allylic oxidation sites excluding steroid dienone is 1. The lowest BCUT2D eigenvalue weighted by Crippen LogP contribution is -2.42. The van der Waals surface area contributed by atoms with Gasteiger partial charge in [0.15, 0.2) is 6.10 Å². The zero-order chi connectivity index (χ0) is 12.9. The molecule has 0 heterocycles. The third-order valence-electron chi connectivity index (χ3n) is 1.87. The highest BCUT2D eigenvalue weighted by Crippen LogP contribution is 2.21. The van der Waals surface area contributed by atoms with Crippen molar-refractivity contribution in [2.75, 3.05) is 0 Å². The minimum Gasteiger partial charge on any atom is -0.456 e. The Balaban J connectivity index is 4.92. The van der Waals surface area contributed by atoms with E-state index in [-0.39, 0.29) is 0 Å². The zero-order valence-corrected chi connectivity index (χ0v) is 10.8. The van der Waals surface area contributed by atoms with Crippen LogP contribution in [0, 0.1) is 0 Å². The van der Waals surface area contributed by atoms with Crippen LogP contribution in [0.2, 0.25) is 0 Å². The molecule has 0 radical (unpaired) electrons. The monoisotopic (exact) mass is 228 g/mol. The summed E-state index contributed by atoms with van der Waals surface area (Å²) in [6, 6.07) is 0. The summed E-state index contributed by atoms with van der Waals surface area (Å²) in [6.07, 6.45) is 1.20. The van der Waals surface area contributed by atoms with Crippen LogP contribution < -0.4 is 0 Å². The molecule has 92 valence electrons. The fraction of sp³-hybridized carbons (Fsp3) is 0.667. The number of esters is 2. The summed E-state index contributed by atoms with van der Waals surface area (Å²) < 4.78 is 10.3. The number of ether oxygens (including phenoxy) is 2. The molecule has 4 heteroatoms. The second-order valence-electron chi connectivity index (χ2n) is 4.47. The van der Waals surface area contributed by atoms with Gasteiger partial charge in [-0.3, -0.25) is 9.59 Å². The average Bonchev–Trinajstić information content (AvgIpc) is 1.98. The van der Waals surface area contributed by atoms with Crippen LogP contribution >= 0.6 is 0 Å². The van der Waals surface area contributed by atoms with Gasteiger partial charge in [0.25, 0.3) is 0 Å². The van der Waals surface area contributed by atoms with Crippen molar-refractivity contribution in [3.63, 3.8) is 0 Å². The van der Waals surface area contributed by atoms with E-state index in [2.05, 4.69) is 0 Å². The molecule has 16 heavy (non-hydrogen) atoms. The molecule has 0 fully saturated rings. The molecule has 1 atom stereocenters.